The Bertz CT molecular complexity index is 1600. The van der Waals surface area contributed by atoms with Crippen LogP contribution < -0.4 is 5.32 Å². The van der Waals surface area contributed by atoms with E-state index in [-0.39, 0.29) is 37.9 Å². The van der Waals surface area contributed by atoms with Gasteiger partial charge in [0.2, 0.25) is 5.91 Å². The number of quaternary nitrogens is 1. The molecule has 0 aromatic heterocycles. The lowest BCUT2D eigenvalue weighted by atomic mass is 10.1. The SMILES string of the molecule is CC/C=C/C/C=C/C/C=C/C/C=C/C/C=C/CCC(=O)NC(COP(=O)(O)OCC[N+](C)(C)C)C(/C=C/CCCCCCCCCCC)OC(=O)CCCCCCCC/C=C\C/C=C\C/C=C\CCCCC. The Labute approximate surface area is 442 Å². The Kier molecular flexibility index (Phi) is 48.8. The molecule has 9 nitrogen and oxygen atoms in total. The monoisotopic (exact) mass is 1020 g/mol. The first kappa shape index (κ1) is 68.7. The van der Waals surface area contributed by atoms with Gasteiger partial charge in [-0.15, -0.1) is 0 Å². The quantitative estimate of drug-likeness (QED) is 0.0205. The number of carbonyl (C=O) groups excluding carboxylic acids is 2. The van der Waals surface area contributed by atoms with Crippen molar-refractivity contribution in [2.75, 3.05) is 40.9 Å². The van der Waals surface area contributed by atoms with Gasteiger partial charge >= 0.3 is 13.8 Å². The van der Waals surface area contributed by atoms with E-state index in [2.05, 4.69) is 111 Å². The lowest BCUT2D eigenvalue weighted by Crippen LogP contribution is -2.47. The van der Waals surface area contributed by atoms with Crippen LogP contribution in [0.5, 0.6) is 0 Å². The number of phosphoric ester groups is 1. The molecule has 0 saturated heterocycles. The number of ether oxygens (including phenoxy) is 1. The zero-order valence-electron chi connectivity index (χ0n) is 46.9. The molecule has 72 heavy (non-hydrogen) atoms. The summed E-state index contributed by atoms with van der Waals surface area (Å²) in [5, 5.41) is 2.99. The smallest absolute Gasteiger partial charge is 0.456 e. The fourth-order valence-electron chi connectivity index (χ4n) is 7.52. The predicted molar refractivity (Wildman–Crippen MR) is 309 cm³/mol. The van der Waals surface area contributed by atoms with Crippen LogP contribution in [-0.2, 0) is 27.9 Å². The van der Waals surface area contributed by atoms with Gasteiger partial charge in [-0.2, -0.15) is 0 Å². The minimum absolute atomic E-state index is 0.0191. The number of hydrogen-bond donors (Lipinski definition) is 2. The van der Waals surface area contributed by atoms with Crippen LogP contribution in [0.4, 0.5) is 0 Å². The molecule has 0 aliphatic rings. The minimum Gasteiger partial charge on any atom is -0.456 e. The Morgan fingerprint density at radius 3 is 1.39 bits per heavy atom. The van der Waals surface area contributed by atoms with Crippen molar-refractivity contribution in [1.82, 2.24) is 5.32 Å². The van der Waals surface area contributed by atoms with Crippen molar-refractivity contribution < 1.29 is 37.3 Å². The number of likely N-dealkylation sites (N-methyl/N-ethyl adjacent to an activating group) is 1. The first-order valence-corrected chi connectivity index (χ1v) is 30.2. The average molecular weight is 1020 g/mol. The fraction of sp³-hybridized carbons (Fsp3) is 0.677. The molecule has 1 amide bonds. The molecule has 0 fully saturated rings. The number of nitrogens with one attached hydrogen (secondary N) is 1. The van der Waals surface area contributed by atoms with Crippen LogP contribution in [0.15, 0.2) is 109 Å². The summed E-state index contributed by atoms with van der Waals surface area (Å²) in [7, 11) is 1.43. The highest BCUT2D eigenvalue weighted by atomic mass is 31.2. The summed E-state index contributed by atoms with van der Waals surface area (Å²) >= 11 is 0. The van der Waals surface area contributed by atoms with Gasteiger partial charge in [0.1, 0.15) is 19.3 Å². The second-order valence-corrected chi connectivity index (χ2v) is 21.5. The number of amides is 1. The molecule has 0 aliphatic carbocycles. The molecule has 0 aliphatic heterocycles. The molecule has 3 unspecified atom stereocenters. The number of allylic oxidation sites excluding steroid dienone is 17. The van der Waals surface area contributed by atoms with Gasteiger partial charge in [-0.05, 0) is 102 Å². The Morgan fingerprint density at radius 1 is 0.500 bits per heavy atom. The van der Waals surface area contributed by atoms with E-state index in [1.807, 2.05) is 45.4 Å². The van der Waals surface area contributed by atoms with Crippen molar-refractivity contribution in [3.63, 3.8) is 0 Å². The third kappa shape index (κ3) is 51.6. The topological polar surface area (TPSA) is 111 Å². The molecule has 2 N–H and O–H groups in total. The molecule has 10 heteroatoms. The van der Waals surface area contributed by atoms with Crippen LogP contribution >= 0.6 is 7.82 Å². The van der Waals surface area contributed by atoms with Crippen molar-refractivity contribution in [2.24, 2.45) is 0 Å². The van der Waals surface area contributed by atoms with E-state index >= 15 is 0 Å². The van der Waals surface area contributed by atoms with Crippen molar-refractivity contribution >= 4 is 19.7 Å². The highest BCUT2D eigenvalue weighted by Gasteiger charge is 2.30. The molecule has 0 spiro atoms. The Balaban J connectivity index is 5.44. The molecule has 412 valence electrons. The summed E-state index contributed by atoms with van der Waals surface area (Å²) in [6, 6.07) is -0.899. The van der Waals surface area contributed by atoms with Gasteiger partial charge in [0, 0.05) is 12.8 Å². The Hall–Kier alpha value is -3.33. The van der Waals surface area contributed by atoms with Crippen LogP contribution in [0.25, 0.3) is 0 Å². The van der Waals surface area contributed by atoms with Crippen LogP contribution in [0, 0.1) is 0 Å². The van der Waals surface area contributed by atoms with Gasteiger partial charge in [-0.3, -0.25) is 18.6 Å². The number of hydrogen-bond acceptors (Lipinski definition) is 6. The zero-order valence-corrected chi connectivity index (χ0v) is 47.8. The maximum atomic E-state index is 13.5. The van der Waals surface area contributed by atoms with Gasteiger partial charge < -0.3 is 19.4 Å². The molecule has 0 saturated carbocycles. The highest BCUT2D eigenvalue weighted by Crippen LogP contribution is 2.43. The van der Waals surface area contributed by atoms with E-state index in [0.29, 0.717) is 23.9 Å². The number of unbranched alkanes of at least 4 members (excludes halogenated alkanes) is 18. The number of phosphoric acid groups is 1. The number of nitrogens with zero attached hydrogens (tertiary/aromatic N) is 1. The normalized spacial score (nSPS) is 14.6. The van der Waals surface area contributed by atoms with Crippen LogP contribution in [-0.4, -0.2) is 74.3 Å². The molecule has 0 rings (SSSR count). The maximum absolute atomic E-state index is 13.5. The molecule has 3 atom stereocenters. The van der Waals surface area contributed by atoms with E-state index < -0.39 is 20.0 Å². The molecule has 0 radical (unpaired) electrons. The second-order valence-electron chi connectivity index (χ2n) is 20.1. The number of carbonyl (C=O) groups is 2. The van der Waals surface area contributed by atoms with E-state index in [0.717, 1.165) is 103 Å². The maximum Gasteiger partial charge on any atom is 0.472 e. The van der Waals surface area contributed by atoms with E-state index in [1.165, 1.54) is 70.6 Å². The lowest BCUT2D eigenvalue weighted by molar-refractivity contribution is -0.870. The molecule has 0 bridgehead atoms. The number of rotatable bonds is 50. The summed E-state index contributed by atoms with van der Waals surface area (Å²) in [6.07, 6.45) is 69.6. The molecular formula is C62H108N2O7P+. The van der Waals surface area contributed by atoms with E-state index in [4.69, 9.17) is 13.8 Å². The van der Waals surface area contributed by atoms with Crippen LogP contribution in [0.1, 0.15) is 220 Å². The number of esters is 1. The van der Waals surface area contributed by atoms with Gasteiger partial charge in [0.25, 0.3) is 0 Å². The second kappa shape index (κ2) is 51.2. The first-order valence-electron chi connectivity index (χ1n) is 28.7. The highest BCUT2D eigenvalue weighted by molar-refractivity contribution is 7.47. The third-order valence-electron chi connectivity index (χ3n) is 12.0. The summed E-state index contributed by atoms with van der Waals surface area (Å²) in [6.45, 7) is 6.77. The summed E-state index contributed by atoms with van der Waals surface area (Å²) in [5.41, 5.74) is 0. The molecule has 0 aromatic carbocycles. The largest absolute Gasteiger partial charge is 0.472 e. The zero-order chi connectivity index (χ0) is 52.9. The molecular weight excluding hydrogens is 916 g/mol. The van der Waals surface area contributed by atoms with Crippen molar-refractivity contribution in [2.45, 2.75) is 232 Å². The van der Waals surface area contributed by atoms with Gasteiger partial charge in [-0.1, -0.05) is 214 Å². The van der Waals surface area contributed by atoms with E-state index in [9.17, 15) is 19.0 Å². The van der Waals surface area contributed by atoms with Crippen LogP contribution in [0.2, 0.25) is 0 Å². The lowest BCUT2D eigenvalue weighted by Gasteiger charge is -2.27. The van der Waals surface area contributed by atoms with Gasteiger partial charge in [0.05, 0.1) is 33.8 Å². The fourth-order valence-corrected chi connectivity index (χ4v) is 8.26. The molecule has 0 aromatic rings. The Morgan fingerprint density at radius 2 is 0.903 bits per heavy atom. The van der Waals surface area contributed by atoms with E-state index in [1.54, 1.807) is 0 Å². The van der Waals surface area contributed by atoms with Crippen molar-refractivity contribution in [3.05, 3.63) is 109 Å². The van der Waals surface area contributed by atoms with Crippen LogP contribution in [0.3, 0.4) is 0 Å². The standard InChI is InChI=1S/C62H107N2O7P/c1-7-10-13-16-19-22-25-27-29-31-32-33-35-37-40-43-46-49-52-55-62(66)71-60(53-50-47-44-41-38-24-21-18-15-12-9-3)59(58-70-72(67,68)69-57-56-64(4,5)6)63-61(65)54-51-48-45-42-39-36-34-30-28-26-23-20-17-14-11-8-2/h11,14,19-20,22-23,27-30,32-33,36,39,45,48,50,53,59-60H,7-10,12-13,15-18,21,24-26,31,34-35,37-38,40-44,46-47,49,51-52,54-58H2,1-6H3,(H-,63,65,67,68)/p+1/b14-11+,22-19-,23-20+,29-27-,30-28+,33-32-,39-36+,48-45+,53-50+. The van der Waals surface area contributed by atoms with Gasteiger partial charge in [0.15, 0.2) is 0 Å². The van der Waals surface area contributed by atoms with Gasteiger partial charge in [-0.25, -0.2) is 4.57 Å². The first-order chi connectivity index (χ1) is 34.9. The summed E-state index contributed by atoms with van der Waals surface area (Å²) in [4.78, 5) is 37.5. The third-order valence-corrected chi connectivity index (χ3v) is 12.9. The molecule has 0 heterocycles. The summed E-state index contributed by atoms with van der Waals surface area (Å²) in [5.74, 6) is -0.625. The average Bonchev–Trinajstić information content (AvgIpc) is 3.34. The predicted octanol–water partition coefficient (Wildman–Crippen LogP) is 17.4. The minimum atomic E-state index is -4.47. The van der Waals surface area contributed by atoms with Crippen molar-refractivity contribution in [1.29, 1.82) is 0 Å². The van der Waals surface area contributed by atoms with Crippen molar-refractivity contribution in [3.8, 4) is 0 Å². The summed E-state index contributed by atoms with van der Waals surface area (Å²) < 4.78 is 30.5.